The van der Waals surface area contributed by atoms with E-state index < -0.39 is 16.8 Å². The number of carboxylic acids is 1. The second-order valence-corrected chi connectivity index (χ2v) is 7.40. The molecule has 3 rings (SSSR count). The molecule has 136 valence electrons. The average Bonchev–Trinajstić information content (AvgIpc) is 2.54. The molecule has 26 heavy (non-hydrogen) atoms. The molecule has 0 amide bonds. The Bertz CT molecular complexity index is 893. The van der Waals surface area contributed by atoms with Gasteiger partial charge in [0.2, 0.25) is 0 Å². The van der Waals surface area contributed by atoms with Gasteiger partial charge in [0.15, 0.2) is 0 Å². The molecule has 7 heteroatoms. The number of aryl methyl sites for hydroxylation is 1. The third-order valence-electron chi connectivity index (χ3n) is 4.54. The van der Waals surface area contributed by atoms with Crippen LogP contribution in [0.1, 0.15) is 42.9 Å². The zero-order valence-electron chi connectivity index (χ0n) is 14.4. The number of rotatable bonds is 4. The van der Waals surface area contributed by atoms with Gasteiger partial charge in [0.05, 0.1) is 4.92 Å². The Morgan fingerprint density at radius 2 is 2.04 bits per heavy atom. The van der Waals surface area contributed by atoms with Crippen molar-refractivity contribution in [1.29, 1.82) is 0 Å². The number of halogens is 1. The Kier molecular flexibility index (Phi) is 4.63. The molecule has 1 aliphatic heterocycles. The van der Waals surface area contributed by atoms with Crippen molar-refractivity contribution >= 4 is 23.3 Å². The van der Waals surface area contributed by atoms with Crippen LogP contribution >= 0.6 is 11.6 Å². The number of ether oxygens (including phenoxy) is 1. The number of hydrogen-bond donors (Lipinski definition) is 1. The molecule has 0 radical (unpaired) electrons. The van der Waals surface area contributed by atoms with E-state index in [-0.39, 0.29) is 21.9 Å². The van der Waals surface area contributed by atoms with Gasteiger partial charge in [-0.25, -0.2) is 0 Å². The monoisotopic (exact) mass is 375 g/mol. The third kappa shape index (κ3) is 3.51. The number of benzene rings is 2. The van der Waals surface area contributed by atoms with Crippen LogP contribution in [0.2, 0.25) is 5.02 Å². The van der Waals surface area contributed by atoms with Crippen LogP contribution < -0.4 is 4.74 Å². The van der Waals surface area contributed by atoms with E-state index in [4.69, 9.17) is 16.3 Å². The number of nitrogens with zero attached hydrogens (tertiary/aromatic N) is 1. The molecule has 0 saturated carbocycles. The molecule has 0 bridgehead atoms. The molecule has 0 aliphatic carbocycles. The van der Waals surface area contributed by atoms with Crippen molar-refractivity contribution in [2.24, 2.45) is 0 Å². The summed E-state index contributed by atoms with van der Waals surface area (Å²) in [5.74, 6) is -1.64. The molecule has 2 aromatic rings. The molecule has 1 N–H and O–H groups in total. The van der Waals surface area contributed by atoms with Crippen molar-refractivity contribution < 1.29 is 19.6 Å². The lowest BCUT2D eigenvalue weighted by Crippen LogP contribution is -2.32. The van der Waals surface area contributed by atoms with E-state index in [1.54, 1.807) is 18.2 Å². The third-order valence-corrected chi connectivity index (χ3v) is 4.78. The topological polar surface area (TPSA) is 89.7 Å². The van der Waals surface area contributed by atoms with Crippen molar-refractivity contribution in [2.45, 2.75) is 38.2 Å². The maximum absolute atomic E-state index is 12.0. The molecule has 1 aliphatic rings. The second kappa shape index (κ2) is 6.61. The standard InChI is InChI=1S/C19H18ClNO5/c1-19(2)8-7-11-9-12(3-6-16(11)26-19)17(18(22)23)14-10-13(20)4-5-15(14)21(24)25/h3-6,9-10,17H,7-8H2,1-2H3,(H,22,23). The number of nitro benzene ring substituents is 1. The number of fused-ring (bicyclic) bond motifs is 1. The summed E-state index contributed by atoms with van der Waals surface area (Å²) in [6, 6.07) is 9.09. The van der Waals surface area contributed by atoms with Gasteiger partial charge in [0, 0.05) is 16.7 Å². The minimum atomic E-state index is -1.19. The highest BCUT2D eigenvalue weighted by molar-refractivity contribution is 6.30. The van der Waals surface area contributed by atoms with Crippen molar-refractivity contribution in [3.05, 3.63) is 68.2 Å². The summed E-state index contributed by atoms with van der Waals surface area (Å²) in [5, 5.41) is 21.4. The summed E-state index contributed by atoms with van der Waals surface area (Å²) in [4.78, 5) is 22.7. The van der Waals surface area contributed by atoms with Crippen molar-refractivity contribution in [3.8, 4) is 5.75 Å². The van der Waals surface area contributed by atoms with E-state index in [1.165, 1.54) is 18.2 Å². The highest BCUT2D eigenvalue weighted by atomic mass is 35.5. The van der Waals surface area contributed by atoms with Gasteiger partial charge in [-0.3, -0.25) is 14.9 Å². The summed E-state index contributed by atoms with van der Waals surface area (Å²) in [6.07, 6.45) is 1.55. The first-order valence-electron chi connectivity index (χ1n) is 8.16. The first-order valence-corrected chi connectivity index (χ1v) is 8.54. The fourth-order valence-electron chi connectivity index (χ4n) is 3.24. The molecule has 2 aromatic carbocycles. The van der Waals surface area contributed by atoms with Crippen LogP contribution in [0.4, 0.5) is 5.69 Å². The van der Waals surface area contributed by atoms with Crippen molar-refractivity contribution in [3.63, 3.8) is 0 Å². The predicted octanol–water partition coefficient (Wildman–Crippen LogP) is 4.57. The maximum Gasteiger partial charge on any atom is 0.315 e. The summed E-state index contributed by atoms with van der Waals surface area (Å²) < 4.78 is 5.92. The van der Waals surface area contributed by atoms with Crippen molar-refractivity contribution in [2.75, 3.05) is 0 Å². The highest BCUT2D eigenvalue weighted by Crippen LogP contribution is 2.38. The van der Waals surface area contributed by atoms with Crippen LogP contribution in [0.15, 0.2) is 36.4 Å². The summed E-state index contributed by atoms with van der Waals surface area (Å²) in [7, 11) is 0. The first-order chi connectivity index (χ1) is 12.2. The Balaban J connectivity index is 2.10. The van der Waals surface area contributed by atoms with Gasteiger partial charge in [0.25, 0.3) is 5.69 Å². The summed E-state index contributed by atoms with van der Waals surface area (Å²) >= 11 is 5.97. The molecule has 0 aromatic heterocycles. The Morgan fingerprint density at radius 3 is 2.69 bits per heavy atom. The lowest BCUT2D eigenvalue weighted by molar-refractivity contribution is -0.385. The normalized spacial score (nSPS) is 16.3. The Morgan fingerprint density at radius 1 is 1.31 bits per heavy atom. The lowest BCUT2D eigenvalue weighted by atomic mass is 9.87. The van der Waals surface area contributed by atoms with Crippen LogP contribution in [0, 0.1) is 10.1 Å². The van der Waals surface area contributed by atoms with Gasteiger partial charge in [0.1, 0.15) is 17.3 Å². The Hall–Kier alpha value is -2.60. The quantitative estimate of drug-likeness (QED) is 0.624. The summed E-state index contributed by atoms with van der Waals surface area (Å²) in [6.45, 7) is 4.00. The van der Waals surface area contributed by atoms with E-state index in [9.17, 15) is 20.0 Å². The first kappa shape index (κ1) is 18.2. The van der Waals surface area contributed by atoms with Gasteiger partial charge in [-0.1, -0.05) is 23.7 Å². The van der Waals surface area contributed by atoms with Gasteiger partial charge in [-0.2, -0.15) is 0 Å². The molecule has 1 unspecified atom stereocenters. The molecule has 6 nitrogen and oxygen atoms in total. The van der Waals surface area contributed by atoms with Gasteiger partial charge >= 0.3 is 5.97 Å². The minimum absolute atomic E-state index is 0.0620. The smallest absolute Gasteiger partial charge is 0.315 e. The second-order valence-electron chi connectivity index (χ2n) is 6.96. The molecule has 0 saturated heterocycles. The van der Waals surface area contributed by atoms with E-state index >= 15 is 0 Å². The fraction of sp³-hybridized carbons (Fsp3) is 0.316. The van der Waals surface area contributed by atoms with Gasteiger partial charge in [-0.15, -0.1) is 0 Å². The molecule has 0 fully saturated rings. The van der Waals surface area contributed by atoms with Crippen LogP contribution in [-0.2, 0) is 11.2 Å². The van der Waals surface area contributed by atoms with E-state index in [1.807, 2.05) is 13.8 Å². The SMILES string of the molecule is CC1(C)CCc2cc(C(C(=O)O)c3cc(Cl)ccc3[N+](=O)[O-])ccc2O1. The van der Waals surface area contributed by atoms with E-state index in [2.05, 4.69) is 0 Å². The van der Waals surface area contributed by atoms with Crippen molar-refractivity contribution in [1.82, 2.24) is 0 Å². The molecule has 1 heterocycles. The fourth-order valence-corrected chi connectivity index (χ4v) is 3.42. The average molecular weight is 376 g/mol. The van der Waals surface area contributed by atoms with Gasteiger partial charge in [-0.05, 0) is 56.0 Å². The predicted molar refractivity (Wildman–Crippen MR) is 97.1 cm³/mol. The number of hydrogen-bond acceptors (Lipinski definition) is 4. The molecule has 0 spiro atoms. The highest BCUT2D eigenvalue weighted by Gasteiger charge is 2.32. The maximum atomic E-state index is 12.0. The summed E-state index contributed by atoms with van der Waals surface area (Å²) in [5.41, 5.74) is 0.888. The number of carbonyl (C=O) groups is 1. The molecule has 1 atom stereocenters. The largest absolute Gasteiger partial charge is 0.488 e. The number of aliphatic carboxylic acids is 1. The van der Waals surface area contributed by atoms with Crippen LogP contribution in [0.5, 0.6) is 5.75 Å². The van der Waals surface area contributed by atoms with Gasteiger partial charge < -0.3 is 9.84 Å². The van der Waals surface area contributed by atoms with E-state index in [0.29, 0.717) is 5.56 Å². The molecular weight excluding hydrogens is 358 g/mol. The lowest BCUT2D eigenvalue weighted by Gasteiger charge is -2.33. The van der Waals surface area contributed by atoms with Crippen LogP contribution in [0.25, 0.3) is 0 Å². The van der Waals surface area contributed by atoms with Crippen LogP contribution in [-0.4, -0.2) is 21.6 Å². The van der Waals surface area contributed by atoms with E-state index in [0.717, 1.165) is 24.2 Å². The number of carboxylic acid groups (broad SMARTS) is 1. The zero-order valence-corrected chi connectivity index (χ0v) is 15.1. The molecular formula is C19H18ClNO5. The number of nitro groups is 1. The van der Waals surface area contributed by atoms with Crippen LogP contribution in [0.3, 0.4) is 0 Å². The Labute approximate surface area is 155 Å². The minimum Gasteiger partial charge on any atom is -0.488 e. The zero-order chi connectivity index (χ0) is 19.1.